The second-order valence-electron chi connectivity index (χ2n) is 6.52. The summed E-state index contributed by atoms with van der Waals surface area (Å²) in [7, 11) is 0. The van der Waals surface area contributed by atoms with Crippen LogP contribution < -0.4 is 14.8 Å². The summed E-state index contributed by atoms with van der Waals surface area (Å²) in [4.78, 5) is 12.6. The molecule has 2 aromatic rings. The number of nitrogens with zero attached hydrogens (tertiary/aromatic N) is 1. The molecule has 1 amide bonds. The molecule has 0 fully saturated rings. The molecule has 3 rings (SSSR count). The third-order valence-electron chi connectivity index (χ3n) is 4.06. The smallest absolute Gasteiger partial charge is 0.243 e. The number of nitrogens with one attached hydrogen (secondary N) is 1. The van der Waals surface area contributed by atoms with Gasteiger partial charge in [-0.25, -0.2) is 0 Å². The third kappa shape index (κ3) is 3.91. The molecule has 0 aliphatic carbocycles. The van der Waals surface area contributed by atoms with Crippen LogP contribution >= 0.6 is 0 Å². The van der Waals surface area contributed by atoms with Crippen molar-refractivity contribution >= 4 is 5.91 Å². The lowest BCUT2D eigenvalue weighted by atomic mass is 10.0. The molecule has 0 radical (unpaired) electrons. The summed E-state index contributed by atoms with van der Waals surface area (Å²) in [5.41, 5.74) is 0. The second kappa shape index (κ2) is 7.43. The molecule has 0 saturated heterocycles. The molecule has 0 bridgehead atoms. The van der Waals surface area contributed by atoms with E-state index in [1.54, 1.807) is 0 Å². The maximum Gasteiger partial charge on any atom is 0.243 e. The number of hydrogen-bond donors (Lipinski definition) is 1. The number of para-hydroxylation sites is 2. The van der Waals surface area contributed by atoms with E-state index in [2.05, 4.69) is 19.2 Å². The first-order chi connectivity index (χ1) is 11.6. The van der Waals surface area contributed by atoms with Crippen LogP contribution in [-0.2, 0) is 4.79 Å². The molecule has 1 aromatic heterocycles. The normalized spacial score (nSPS) is 17.5. The fourth-order valence-corrected chi connectivity index (χ4v) is 2.86. The van der Waals surface area contributed by atoms with Crippen molar-refractivity contribution in [1.29, 1.82) is 0 Å². The van der Waals surface area contributed by atoms with Gasteiger partial charge in [-0.05, 0) is 36.6 Å². The highest BCUT2D eigenvalue weighted by molar-refractivity contribution is 5.80. The lowest BCUT2D eigenvalue weighted by Crippen LogP contribution is -2.43. The SMILES string of the molecule is CC(C)C[C@@H](C(=O)NC[C@H]1COc2ccccc2O1)n1cccc1. The minimum atomic E-state index is -0.197. The van der Waals surface area contributed by atoms with Gasteiger partial charge in [0.1, 0.15) is 18.8 Å². The van der Waals surface area contributed by atoms with Gasteiger partial charge in [0, 0.05) is 12.4 Å². The Balaban J connectivity index is 1.58. The van der Waals surface area contributed by atoms with Gasteiger partial charge in [0.05, 0.1) is 6.54 Å². The second-order valence-corrected chi connectivity index (χ2v) is 6.52. The lowest BCUT2D eigenvalue weighted by molar-refractivity contribution is -0.125. The molecular formula is C19H24N2O3. The van der Waals surface area contributed by atoms with Crippen LogP contribution in [0.1, 0.15) is 26.3 Å². The topological polar surface area (TPSA) is 52.5 Å². The first-order valence-electron chi connectivity index (χ1n) is 8.42. The van der Waals surface area contributed by atoms with Crippen LogP contribution in [0.25, 0.3) is 0 Å². The van der Waals surface area contributed by atoms with Gasteiger partial charge in [0.25, 0.3) is 0 Å². The van der Waals surface area contributed by atoms with Crippen molar-refractivity contribution in [2.24, 2.45) is 5.92 Å². The van der Waals surface area contributed by atoms with Crippen molar-refractivity contribution in [3.8, 4) is 11.5 Å². The molecule has 0 saturated carbocycles. The molecule has 1 N–H and O–H groups in total. The number of hydrogen-bond acceptors (Lipinski definition) is 3. The highest BCUT2D eigenvalue weighted by atomic mass is 16.6. The van der Waals surface area contributed by atoms with Gasteiger partial charge in [0.2, 0.25) is 5.91 Å². The van der Waals surface area contributed by atoms with Crippen molar-refractivity contribution in [1.82, 2.24) is 9.88 Å². The molecule has 0 spiro atoms. The average Bonchev–Trinajstić information content (AvgIpc) is 3.11. The summed E-state index contributed by atoms with van der Waals surface area (Å²) in [6.07, 6.45) is 4.49. The number of ether oxygens (including phenoxy) is 2. The van der Waals surface area contributed by atoms with Gasteiger partial charge in [-0.3, -0.25) is 4.79 Å². The molecule has 24 heavy (non-hydrogen) atoms. The monoisotopic (exact) mass is 328 g/mol. The highest BCUT2D eigenvalue weighted by Crippen LogP contribution is 2.30. The largest absolute Gasteiger partial charge is 0.486 e. The van der Waals surface area contributed by atoms with Crippen LogP contribution in [0, 0.1) is 5.92 Å². The Bertz CT molecular complexity index is 667. The van der Waals surface area contributed by atoms with Gasteiger partial charge in [-0.15, -0.1) is 0 Å². The van der Waals surface area contributed by atoms with E-state index in [0.29, 0.717) is 19.1 Å². The molecule has 1 aromatic carbocycles. The van der Waals surface area contributed by atoms with E-state index in [0.717, 1.165) is 17.9 Å². The van der Waals surface area contributed by atoms with Crippen LogP contribution in [0.3, 0.4) is 0 Å². The van der Waals surface area contributed by atoms with Gasteiger partial charge < -0.3 is 19.4 Å². The summed E-state index contributed by atoms with van der Waals surface area (Å²) in [5, 5.41) is 3.01. The average molecular weight is 328 g/mol. The van der Waals surface area contributed by atoms with Crippen LogP contribution in [0.5, 0.6) is 11.5 Å². The zero-order valence-corrected chi connectivity index (χ0v) is 14.1. The van der Waals surface area contributed by atoms with Crippen molar-refractivity contribution in [2.45, 2.75) is 32.4 Å². The summed E-state index contributed by atoms with van der Waals surface area (Å²) in [5.74, 6) is 1.93. The third-order valence-corrected chi connectivity index (χ3v) is 4.06. The van der Waals surface area contributed by atoms with E-state index in [1.807, 2.05) is 53.4 Å². The molecule has 0 unspecified atom stereocenters. The molecule has 2 atom stereocenters. The van der Waals surface area contributed by atoms with Crippen molar-refractivity contribution in [2.75, 3.05) is 13.2 Å². The number of rotatable bonds is 6. The van der Waals surface area contributed by atoms with Crippen LogP contribution in [0.4, 0.5) is 0 Å². The zero-order valence-electron chi connectivity index (χ0n) is 14.1. The van der Waals surface area contributed by atoms with Gasteiger partial charge in [0.15, 0.2) is 11.5 Å². The standard InChI is InChI=1S/C19H24N2O3/c1-14(2)11-16(21-9-5-6-10-21)19(22)20-12-15-13-23-17-7-3-4-8-18(17)24-15/h3-10,14-16H,11-13H2,1-2H3,(H,20,22)/t15-,16-/m0/s1. The molecule has 1 aliphatic heterocycles. The van der Waals surface area contributed by atoms with Crippen molar-refractivity contribution in [3.05, 3.63) is 48.8 Å². The molecule has 5 heteroatoms. The summed E-state index contributed by atoms with van der Waals surface area (Å²) >= 11 is 0. The quantitative estimate of drug-likeness (QED) is 0.887. The zero-order chi connectivity index (χ0) is 16.9. The Morgan fingerprint density at radius 3 is 2.62 bits per heavy atom. The fourth-order valence-electron chi connectivity index (χ4n) is 2.86. The van der Waals surface area contributed by atoms with E-state index < -0.39 is 0 Å². The van der Waals surface area contributed by atoms with Crippen LogP contribution in [-0.4, -0.2) is 29.7 Å². The van der Waals surface area contributed by atoms with Crippen LogP contribution in [0.2, 0.25) is 0 Å². The fraction of sp³-hybridized carbons (Fsp3) is 0.421. The van der Waals surface area contributed by atoms with E-state index in [4.69, 9.17) is 9.47 Å². The number of fused-ring (bicyclic) bond motifs is 1. The van der Waals surface area contributed by atoms with Crippen molar-refractivity contribution < 1.29 is 14.3 Å². The molecular weight excluding hydrogens is 304 g/mol. The predicted molar refractivity (Wildman–Crippen MR) is 92.3 cm³/mol. The number of carbonyl (C=O) groups excluding carboxylic acids is 1. The van der Waals surface area contributed by atoms with Gasteiger partial charge >= 0.3 is 0 Å². The molecule has 1 aliphatic rings. The van der Waals surface area contributed by atoms with Gasteiger partial charge in [-0.2, -0.15) is 0 Å². The Kier molecular flexibility index (Phi) is 5.08. The minimum Gasteiger partial charge on any atom is -0.486 e. The Hall–Kier alpha value is -2.43. The number of benzene rings is 1. The molecule has 2 heterocycles. The molecule has 5 nitrogen and oxygen atoms in total. The summed E-state index contributed by atoms with van der Waals surface area (Å²) in [6, 6.07) is 11.3. The number of carbonyl (C=O) groups is 1. The summed E-state index contributed by atoms with van der Waals surface area (Å²) in [6.45, 7) is 5.12. The predicted octanol–water partition coefficient (Wildman–Crippen LogP) is 3.03. The highest BCUT2D eigenvalue weighted by Gasteiger charge is 2.24. The Morgan fingerprint density at radius 2 is 1.92 bits per heavy atom. The lowest BCUT2D eigenvalue weighted by Gasteiger charge is -2.27. The Morgan fingerprint density at radius 1 is 1.21 bits per heavy atom. The summed E-state index contributed by atoms with van der Waals surface area (Å²) < 4.78 is 13.5. The van der Waals surface area contributed by atoms with Gasteiger partial charge in [-0.1, -0.05) is 26.0 Å². The maximum atomic E-state index is 12.6. The number of amides is 1. The minimum absolute atomic E-state index is 0.0161. The first kappa shape index (κ1) is 16.4. The Labute approximate surface area is 142 Å². The maximum absolute atomic E-state index is 12.6. The number of aromatic nitrogens is 1. The molecule has 128 valence electrons. The van der Waals surface area contributed by atoms with E-state index in [9.17, 15) is 4.79 Å². The van der Waals surface area contributed by atoms with E-state index >= 15 is 0 Å². The first-order valence-corrected chi connectivity index (χ1v) is 8.42. The van der Waals surface area contributed by atoms with Crippen molar-refractivity contribution in [3.63, 3.8) is 0 Å². The van der Waals surface area contributed by atoms with Crippen LogP contribution in [0.15, 0.2) is 48.8 Å². The van der Waals surface area contributed by atoms with E-state index in [-0.39, 0.29) is 18.1 Å². The van der Waals surface area contributed by atoms with E-state index in [1.165, 1.54) is 0 Å².